The average molecular weight is 399 g/mol. The van der Waals surface area contributed by atoms with Crippen LogP contribution in [-0.4, -0.2) is 60.1 Å². The number of rotatable bonds is 5. The smallest absolute Gasteiger partial charge is 0.243 e. The van der Waals surface area contributed by atoms with E-state index in [9.17, 15) is 8.42 Å². The lowest BCUT2D eigenvalue weighted by Crippen LogP contribution is -2.49. The molecule has 23 heavy (non-hydrogen) atoms. The van der Waals surface area contributed by atoms with Gasteiger partial charge in [0.2, 0.25) is 10.0 Å². The molecule has 0 atom stereocenters. The summed E-state index contributed by atoms with van der Waals surface area (Å²) in [5, 5.41) is 4.18. The molecular formula is C15H19BrN4O2S. The molecule has 1 fully saturated rings. The Bertz CT molecular complexity index is 723. The first kappa shape index (κ1) is 16.6. The van der Waals surface area contributed by atoms with Crippen LogP contribution in [0.25, 0.3) is 0 Å². The van der Waals surface area contributed by atoms with Crippen molar-refractivity contribution in [2.24, 2.45) is 0 Å². The summed E-state index contributed by atoms with van der Waals surface area (Å²) >= 11 is 3.33. The zero-order chi connectivity index (χ0) is 16.3. The van der Waals surface area contributed by atoms with Crippen LogP contribution in [0.15, 0.2) is 52.1 Å². The minimum Gasteiger partial charge on any atom is -0.299 e. The zero-order valence-electron chi connectivity index (χ0n) is 12.7. The van der Waals surface area contributed by atoms with Crippen molar-refractivity contribution < 1.29 is 8.42 Å². The van der Waals surface area contributed by atoms with Gasteiger partial charge in [-0.1, -0.05) is 15.9 Å². The number of aromatic nitrogens is 2. The van der Waals surface area contributed by atoms with Gasteiger partial charge in [-0.3, -0.25) is 9.58 Å². The van der Waals surface area contributed by atoms with E-state index in [1.807, 2.05) is 16.9 Å². The van der Waals surface area contributed by atoms with Crippen LogP contribution in [-0.2, 0) is 16.6 Å². The second-order valence-corrected chi connectivity index (χ2v) is 8.32. The molecule has 0 aliphatic carbocycles. The Kier molecular flexibility index (Phi) is 5.15. The summed E-state index contributed by atoms with van der Waals surface area (Å²) in [4.78, 5) is 2.63. The molecule has 8 heteroatoms. The summed E-state index contributed by atoms with van der Waals surface area (Å²) in [5.74, 6) is 0. The minimum atomic E-state index is -3.39. The van der Waals surface area contributed by atoms with Gasteiger partial charge in [0.25, 0.3) is 0 Å². The van der Waals surface area contributed by atoms with Crippen molar-refractivity contribution >= 4 is 26.0 Å². The predicted molar refractivity (Wildman–Crippen MR) is 91.6 cm³/mol. The minimum absolute atomic E-state index is 0.352. The number of nitrogens with zero attached hydrogens (tertiary/aromatic N) is 4. The Morgan fingerprint density at radius 3 is 2.35 bits per heavy atom. The molecule has 0 bridgehead atoms. The van der Waals surface area contributed by atoms with E-state index in [1.54, 1.807) is 34.8 Å². The molecule has 1 aliphatic heterocycles. The fraction of sp³-hybridized carbons (Fsp3) is 0.400. The molecule has 0 radical (unpaired) electrons. The summed E-state index contributed by atoms with van der Waals surface area (Å²) in [7, 11) is -3.39. The van der Waals surface area contributed by atoms with Crippen molar-refractivity contribution in [1.82, 2.24) is 19.0 Å². The molecule has 3 rings (SSSR count). The van der Waals surface area contributed by atoms with Crippen LogP contribution in [0.5, 0.6) is 0 Å². The van der Waals surface area contributed by atoms with Gasteiger partial charge in [-0.15, -0.1) is 0 Å². The van der Waals surface area contributed by atoms with Crippen LogP contribution in [0, 0.1) is 0 Å². The van der Waals surface area contributed by atoms with Crippen LogP contribution in [0.2, 0.25) is 0 Å². The molecule has 6 nitrogen and oxygen atoms in total. The molecule has 1 aromatic carbocycles. The third kappa shape index (κ3) is 4.00. The standard InChI is InChI=1S/C15H19BrN4O2S/c16-14-2-4-15(5-3-14)23(21,22)20-12-9-18(10-13-20)8-11-19-7-1-6-17-19/h1-7H,8-13H2. The van der Waals surface area contributed by atoms with Crippen molar-refractivity contribution in [3.63, 3.8) is 0 Å². The van der Waals surface area contributed by atoms with Crippen molar-refractivity contribution in [2.45, 2.75) is 11.4 Å². The summed E-state index contributed by atoms with van der Waals surface area (Å²) in [6, 6.07) is 8.70. The summed E-state index contributed by atoms with van der Waals surface area (Å²) in [6.45, 7) is 4.25. The molecule has 0 unspecified atom stereocenters. The van der Waals surface area contributed by atoms with E-state index in [0.717, 1.165) is 30.7 Å². The lowest BCUT2D eigenvalue weighted by Gasteiger charge is -2.33. The number of benzene rings is 1. The van der Waals surface area contributed by atoms with E-state index >= 15 is 0 Å². The third-order valence-corrected chi connectivity index (χ3v) is 6.43. The van der Waals surface area contributed by atoms with Gasteiger partial charge in [-0.05, 0) is 30.3 Å². The van der Waals surface area contributed by atoms with Gasteiger partial charge in [0.05, 0.1) is 11.4 Å². The maximum Gasteiger partial charge on any atom is 0.243 e. The molecule has 1 saturated heterocycles. The molecule has 0 amide bonds. The van der Waals surface area contributed by atoms with E-state index in [-0.39, 0.29) is 0 Å². The molecule has 124 valence electrons. The Morgan fingerprint density at radius 2 is 1.74 bits per heavy atom. The monoisotopic (exact) mass is 398 g/mol. The average Bonchev–Trinajstić information content (AvgIpc) is 3.07. The quantitative estimate of drug-likeness (QED) is 0.768. The lowest BCUT2D eigenvalue weighted by molar-refractivity contribution is 0.181. The van der Waals surface area contributed by atoms with Crippen molar-refractivity contribution in [1.29, 1.82) is 0 Å². The van der Waals surface area contributed by atoms with Gasteiger partial charge in [0.15, 0.2) is 0 Å². The molecular weight excluding hydrogens is 380 g/mol. The lowest BCUT2D eigenvalue weighted by atomic mass is 10.3. The van der Waals surface area contributed by atoms with Crippen molar-refractivity contribution in [3.8, 4) is 0 Å². The molecule has 0 spiro atoms. The first-order chi connectivity index (χ1) is 11.1. The number of halogens is 1. The largest absolute Gasteiger partial charge is 0.299 e. The van der Waals surface area contributed by atoms with E-state index in [1.165, 1.54) is 0 Å². The number of piperazine rings is 1. The Labute approximate surface area is 144 Å². The van der Waals surface area contributed by atoms with E-state index in [0.29, 0.717) is 18.0 Å². The van der Waals surface area contributed by atoms with E-state index < -0.39 is 10.0 Å². The van der Waals surface area contributed by atoms with Crippen molar-refractivity contribution in [2.75, 3.05) is 32.7 Å². The normalized spacial score (nSPS) is 17.4. The highest BCUT2D eigenvalue weighted by Crippen LogP contribution is 2.20. The molecule has 1 aromatic heterocycles. The molecule has 0 N–H and O–H groups in total. The van der Waals surface area contributed by atoms with Gasteiger partial charge in [-0.25, -0.2) is 8.42 Å². The fourth-order valence-corrected chi connectivity index (χ4v) is 4.31. The molecule has 2 aromatic rings. The Hall–Kier alpha value is -1.22. The second-order valence-electron chi connectivity index (χ2n) is 5.47. The highest BCUT2D eigenvalue weighted by molar-refractivity contribution is 9.10. The van der Waals surface area contributed by atoms with Crippen LogP contribution in [0.3, 0.4) is 0 Å². The highest BCUT2D eigenvalue weighted by Gasteiger charge is 2.28. The first-order valence-corrected chi connectivity index (χ1v) is 9.74. The summed E-state index contributed by atoms with van der Waals surface area (Å²) in [5.41, 5.74) is 0. The SMILES string of the molecule is O=S(=O)(c1ccc(Br)cc1)N1CCN(CCn2cccn2)CC1. The number of hydrogen-bond donors (Lipinski definition) is 0. The Morgan fingerprint density at radius 1 is 1.04 bits per heavy atom. The van der Waals surface area contributed by atoms with Crippen molar-refractivity contribution in [3.05, 3.63) is 47.2 Å². The first-order valence-electron chi connectivity index (χ1n) is 7.51. The van der Waals surface area contributed by atoms with E-state index in [2.05, 4.69) is 25.9 Å². The molecule has 0 saturated carbocycles. The summed E-state index contributed by atoms with van der Waals surface area (Å²) in [6.07, 6.45) is 3.71. The van der Waals surface area contributed by atoms with Gasteiger partial charge >= 0.3 is 0 Å². The van der Waals surface area contributed by atoms with Gasteiger partial charge in [-0.2, -0.15) is 9.40 Å². The molecule has 1 aliphatic rings. The topological polar surface area (TPSA) is 58.4 Å². The van der Waals surface area contributed by atoms with Crippen LogP contribution < -0.4 is 0 Å². The van der Waals surface area contributed by atoms with Crippen LogP contribution in [0.1, 0.15) is 0 Å². The second kappa shape index (κ2) is 7.12. The van der Waals surface area contributed by atoms with Crippen LogP contribution in [0.4, 0.5) is 0 Å². The van der Waals surface area contributed by atoms with E-state index in [4.69, 9.17) is 0 Å². The zero-order valence-corrected chi connectivity index (χ0v) is 15.1. The number of hydrogen-bond acceptors (Lipinski definition) is 4. The predicted octanol–water partition coefficient (Wildman–Crippen LogP) is 1.65. The maximum atomic E-state index is 12.6. The number of sulfonamides is 1. The molecule has 2 heterocycles. The fourth-order valence-electron chi connectivity index (χ4n) is 2.63. The third-order valence-electron chi connectivity index (χ3n) is 3.99. The van der Waals surface area contributed by atoms with Crippen LogP contribution >= 0.6 is 15.9 Å². The summed E-state index contributed by atoms with van der Waals surface area (Å²) < 4.78 is 29.6. The van der Waals surface area contributed by atoms with Gasteiger partial charge < -0.3 is 0 Å². The Balaban J connectivity index is 1.56. The maximum absolute atomic E-state index is 12.6. The van der Waals surface area contributed by atoms with Gasteiger partial charge in [0.1, 0.15) is 0 Å². The van der Waals surface area contributed by atoms with Gasteiger partial charge in [0, 0.05) is 49.6 Å². The highest BCUT2D eigenvalue weighted by atomic mass is 79.9.